The van der Waals surface area contributed by atoms with Crippen LogP contribution in [0.1, 0.15) is 71.3 Å². The van der Waals surface area contributed by atoms with Gasteiger partial charge in [0.25, 0.3) is 11.8 Å². The third-order valence-electron chi connectivity index (χ3n) is 7.45. The van der Waals surface area contributed by atoms with E-state index in [1.807, 2.05) is 27.7 Å². The second kappa shape index (κ2) is 9.99. The van der Waals surface area contributed by atoms with Crippen LogP contribution in [0.3, 0.4) is 0 Å². The fourth-order valence-electron chi connectivity index (χ4n) is 5.14. The van der Waals surface area contributed by atoms with Crippen molar-refractivity contribution in [1.29, 1.82) is 5.26 Å². The van der Waals surface area contributed by atoms with E-state index in [1.165, 1.54) is 4.68 Å². The Morgan fingerprint density at radius 3 is 2.53 bits per heavy atom. The van der Waals surface area contributed by atoms with Crippen molar-refractivity contribution < 1.29 is 9.59 Å². The molecule has 2 N–H and O–H groups in total. The number of carbonyl (C=O) groups excluding carboxylic acids is 2. The molecule has 10 nitrogen and oxygen atoms in total. The zero-order chi connectivity index (χ0) is 27.0. The Morgan fingerprint density at radius 2 is 1.87 bits per heavy atom. The van der Waals surface area contributed by atoms with Crippen LogP contribution in [0, 0.1) is 24.2 Å². The van der Waals surface area contributed by atoms with E-state index in [-0.39, 0.29) is 29.0 Å². The first-order chi connectivity index (χ1) is 18.1. The number of aromatic nitrogens is 4. The number of nitrogens with one attached hydrogen (secondary N) is 2. The van der Waals surface area contributed by atoms with Crippen molar-refractivity contribution in [2.24, 2.45) is 5.92 Å². The van der Waals surface area contributed by atoms with Crippen LogP contribution in [-0.4, -0.2) is 62.4 Å². The molecule has 3 aromatic rings. The predicted octanol–water partition coefficient (Wildman–Crippen LogP) is 3.22. The second-order valence-corrected chi connectivity index (χ2v) is 11.2. The first-order valence-corrected chi connectivity index (χ1v) is 12.9. The SMILES string of the molecule is Cc1ncc(NC(=O)c2cc(C#N)cc(C(C)(C)C)c2)cc1-n1cc(C(=O)NC2CN3CCC2CC3)nn1. The van der Waals surface area contributed by atoms with Crippen LogP contribution in [0.4, 0.5) is 5.69 Å². The number of anilines is 1. The fourth-order valence-corrected chi connectivity index (χ4v) is 5.14. The summed E-state index contributed by atoms with van der Waals surface area (Å²) < 4.78 is 1.50. The Morgan fingerprint density at radius 1 is 1.11 bits per heavy atom. The lowest BCUT2D eigenvalue weighted by molar-refractivity contribution is 0.0617. The number of nitrogens with zero attached hydrogens (tertiary/aromatic N) is 6. The fraction of sp³-hybridized carbons (Fsp3) is 0.429. The third-order valence-corrected chi connectivity index (χ3v) is 7.45. The van der Waals surface area contributed by atoms with Crippen LogP contribution in [0.25, 0.3) is 5.69 Å². The Hall–Kier alpha value is -4.10. The molecule has 3 fully saturated rings. The maximum Gasteiger partial charge on any atom is 0.273 e. The van der Waals surface area contributed by atoms with Crippen molar-refractivity contribution in [3.8, 4) is 11.8 Å². The van der Waals surface area contributed by atoms with E-state index in [2.05, 4.69) is 36.9 Å². The van der Waals surface area contributed by atoms with Gasteiger partial charge in [-0.2, -0.15) is 5.26 Å². The first-order valence-electron chi connectivity index (χ1n) is 12.9. The van der Waals surface area contributed by atoms with Crippen molar-refractivity contribution in [3.05, 3.63) is 64.7 Å². The van der Waals surface area contributed by atoms with E-state index in [1.54, 1.807) is 36.7 Å². The number of amides is 2. The van der Waals surface area contributed by atoms with Gasteiger partial charge in [-0.1, -0.05) is 26.0 Å². The van der Waals surface area contributed by atoms with Gasteiger partial charge in [0, 0.05) is 18.2 Å². The summed E-state index contributed by atoms with van der Waals surface area (Å²) in [6.45, 7) is 11.0. The minimum Gasteiger partial charge on any atom is -0.346 e. The molecule has 2 bridgehead atoms. The van der Waals surface area contributed by atoms with E-state index in [0.717, 1.165) is 38.0 Å². The number of hydrogen-bond donors (Lipinski definition) is 2. The lowest BCUT2D eigenvalue weighted by Crippen LogP contribution is -2.57. The molecule has 6 rings (SSSR count). The number of piperidine rings is 3. The normalized spacial score (nSPS) is 20.6. The van der Waals surface area contributed by atoms with Crippen LogP contribution in [-0.2, 0) is 5.41 Å². The molecule has 0 radical (unpaired) electrons. The highest BCUT2D eigenvalue weighted by molar-refractivity contribution is 6.04. The van der Waals surface area contributed by atoms with Crippen molar-refractivity contribution in [3.63, 3.8) is 0 Å². The third kappa shape index (κ3) is 5.29. The summed E-state index contributed by atoms with van der Waals surface area (Å²) >= 11 is 0. The van der Waals surface area contributed by atoms with Crippen molar-refractivity contribution in [2.45, 2.75) is 52.0 Å². The standard InChI is InChI=1S/C28H32N8O2/c1-17-25(36-16-24(33-34-36)27(38)32-23-15-35-7-5-19(23)6-8-35)12-22(14-30-17)31-26(37)20-9-18(13-29)10-21(11-20)28(2,3)4/h9-12,14,16,19,23H,5-8,15H2,1-4H3,(H,31,37)(H,32,38). The number of fused-ring (bicyclic) bond motifs is 3. The number of nitriles is 1. The molecule has 0 saturated carbocycles. The maximum atomic E-state index is 13.1. The molecule has 1 unspecified atom stereocenters. The molecule has 0 aliphatic carbocycles. The van der Waals surface area contributed by atoms with Crippen LogP contribution >= 0.6 is 0 Å². The van der Waals surface area contributed by atoms with Gasteiger partial charge in [-0.3, -0.25) is 14.6 Å². The molecule has 1 atom stereocenters. The van der Waals surface area contributed by atoms with Gasteiger partial charge in [0.1, 0.15) is 0 Å². The molecule has 3 aliphatic heterocycles. The lowest BCUT2D eigenvalue weighted by Gasteiger charge is -2.44. The molecule has 3 aliphatic rings. The van der Waals surface area contributed by atoms with E-state index in [4.69, 9.17) is 0 Å². The summed E-state index contributed by atoms with van der Waals surface area (Å²) in [6.07, 6.45) is 5.37. The maximum absolute atomic E-state index is 13.1. The number of benzene rings is 1. The minimum absolute atomic E-state index is 0.135. The number of carbonyl (C=O) groups is 2. The number of hydrogen-bond acceptors (Lipinski definition) is 7. The van der Waals surface area contributed by atoms with Crippen LogP contribution in [0.5, 0.6) is 0 Å². The smallest absolute Gasteiger partial charge is 0.273 e. The van der Waals surface area contributed by atoms with E-state index in [9.17, 15) is 14.9 Å². The van der Waals surface area contributed by atoms with Crippen LogP contribution in [0.15, 0.2) is 36.7 Å². The minimum atomic E-state index is -0.347. The largest absolute Gasteiger partial charge is 0.346 e. The Balaban J connectivity index is 1.32. The molecule has 196 valence electrons. The highest BCUT2D eigenvalue weighted by atomic mass is 16.2. The molecule has 2 amide bonds. The molecule has 10 heteroatoms. The molecule has 1 aromatic carbocycles. The Labute approximate surface area is 222 Å². The highest BCUT2D eigenvalue weighted by Gasteiger charge is 2.35. The molecule has 2 aromatic heterocycles. The van der Waals surface area contributed by atoms with Crippen LogP contribution < -0.4 is 10.6 Å². The van der Waals surface area contributed by atoms with Crippen molar-refractivity contribution in [2.75, 3.05) is 25.0 Å². The van der Waals surface area contributed by atoms with E-state index in [0.29, 0.717) is 34.1 Å². The Kier molecular flexibility index (Phi) is 6.71. The number of aryl methyl sites for hydroxylation is 1. The Bertz CT molecular complexity index is 1420. The summed E-state index contributed by atoms with van der Waals surface area (Å²) in [5, 5.41) is 23.7. The monoisotopic (exact) mass is 512 g/mol. The van der Waals surface area contributed by atoms with Gasteiger partial charge in [-0.15, -0.1) is 5.10 Å². The van der Waals surface area contributed by atoms with Crippen molar-refractivity contribution in [1.82, 2.24) is 30.2 Å². The second-order valence-electron chi connectivity index (χ2n) is 11.2. The summed E-state index contributed by atoms with van der Waals surface area (Å²) in [5.41, 5.74) is 3.46. The lowest BCUT2D eigenvalue weighted by atomic mass is 9.84. The summed E-state index contributed by atoms with van der Waals surface area (Å²) in [4.78, 5) is 32.8. The number of pyridine rings is 1. The number of rotatable bonds is 5. The molecule has 38 heavy (non-hydrogen) atoms. The molecule has 5 heterocycles. The van der Waals surface area contributed by atoms with Gasteiger partial charge < -0.3 is 15.5 Å². The topological polar surface area (TPSA) is 129 Å². The summed E-state index contributed by atoms with van der Waals surface area (Å²) in [5.74, 6) is -0.0726. The highest BCUT2D eigenvalue weighted by Crippen LogP contribution is 2.28. The van der Waals surface area contributed by atoms with Gasteiger partial charge in [0.2, 0.25) is 0 Å². The van der Waals surface area contributed by atoms with E-state index < -0.39 is 0 Å². The van der Waals surface area contributed by atoms with Gasteiger partial charge >= 0.3 is 0 Å². The average molecular weight is 513 g/mol. The van der Waals surface area contributed by atoms with Crippen molar-refractivity contribution >= 4 is 17.5 Å². The molecular weight excluding hydrogens is 480 g/mol. The zero-order valence-corrected chi connectivity index (χ0v) is 22.2. The molecule has 0 spiro atoms. The summed E-state index contributed by atoms with van der Waals surface area (Å²) in [7, 11) is 0. The molecular formula is C28H32N8O2. The van der Waals surface area contributed by atoms with Gasteiger partial charge in [0.15, 0.2) is 5.69 Å². The van der Waals surface area contributed by atoms with Gasteiger partial charge in [-0.05, 0) is 74.0 Å². The molecule has 3 saturated heterocycles. The van der Waals surface area contributed by atoms with Crippen LogP contribution in [0.2, 0.25) is 0 Å². The van der Waals surface area contributed by atoms with E-state index >= 15 is 0 Å². The quantitative estimate of drug-likeness (QED) is 0.537. The average Bonchev–Trinajstić information content (AvgIpc) is 3.40. The summed E-state index contributed by atoms with van der Waals surface area (Å²) in [6, 6.07) is 9.19. The van der Waals surface area contributed by atoms with Gasteiger partial charge in [-0.25, -0.2) is 4.68 Å². The van der Waals surface area contributed by atoms with Gasteiger partial charge in [0.05, 0.1) is 41.1 Å². The zero-order valence-electron chi connectivity index (χ0n) is 22.2. The first kappa shape index (κ1) is 25.5. The predicted molar refractivity (Wildman–Crippen MR) is 142 cm³/mol.